The van der Waals surface area contributed by atoms with Gasteiger partial charge in [0, 0.05) is 17.3 Å². The molecule has 0 bridgehead atoms. The number of hydrogen-bond acceptors (Lipinski definition) is 5. The van der Waals surface area contributed by atoms with Crippen LogP contribution in [0.2, 0.25) is 5.02 Å². The van der Waals surface area contributed by atoms with Gasteiger partial charge in [-0.1, -0.05) is 70.7 Å². The Morgan fingerprint density at radius 1 is 1.00 bits per heavy atom. The zero-order chi connectivity index (χ0) is 22.1. The molecule has 2 aromatic carbocycles. The summed E-state index contributed by atoms with van der Waals surface area (Å²) in [5.41, 5.74) is 2.19. The molecule has 6 nitrogen and oxygen atoms in total. The van der Waals surface area contributed by atoms with E-state index >= 15 is 0 Å². The van der Waals surface area contributed by atoms with Crippen LogP contribution < -0.4 is 4.59 Å². The molecule has 158 valence electrons. The third kappa shape index (κ3) is 3.99. The summed E-state index contributed by atoms with van der Waals surface area (Å²) in [7, 11) is -2.42. The van der Waals surface area contributed by atoms with E-state index in [-0.39, 0.29) is 15.4 Å². The SMILES string of the molecule is CCC1=N[N+](C)(c2ccccn2)C(OS(=O)(=O)c2cccc(Cl)c2)=C1c1ccccc1. The molecule has 1 unspecified atom stereocenters. The minimum atomic E-state index is -4.18. The molecule has 1 aliphatic rings. The van der Waals surface area contributed by atoms with Crippen molar-refractivity contribution in [1.82, 2.24) is 9.58 Å². The summed E-state index contributed by atoms with van der Waals surface area (Å²) in [6.07, 6.45) is 2.23. The molecule has 4 rings (SSSR count). The molecule has 0 saturated heterocycles. The highest BCUT2D eigenvalue weighted by Crippen LogP contribution is 2.40. The van der Waals surface area contributed by atoms with Gasteiger partial charge in [-0.3, -0.25) is 0 Å². The first kappa shape index (κ1) is 21.2. The van der Waals surface area contributed by atoms with Crippen LogP contribution in [0.1, 0.15) is 18.9 Å². The highest BCUT2D eigenvalue weighted by molar-refractivity contribution is 7.86. The van der Waals surface area contributed by atoms with Crippen LogP contribution >= 0.6 is 11.6 Å². The zero-order valence-electron chi connectivity index (χ0n) is 17.1. The van der Waals surface area contributed by atoms with Crippen LogP contribution in [0, 0.1) is 0 Å². The quantitative estimate of drug-likeness (QED) is 0.378. The Bertz CT molecular complexity index is 1280. The lowest BCUT2D eigenvalue weighted by atomic mass is 10.0. The van der Waals surface area contributed by atoms with Crippen molar-refractivity contribution in [3.8, 4) is 0 Å². The second-order valence-electron chi connectivity index (χ2n) is 7.09. The molecule has 31 heavy (non-hydrogen) atoms. The minimum Gasteiger partial charge on any atom is -0.324 e. The van der Waals surface area contributed by atoms with Crippen LogP contribution in [0.15, 0.2) is 94.9 Å². The van der Waals surface area contributed by atoms with Gasteiger partial charge in [-0.15, -0.1) is 0 Å². The topological polar surface area (TPSA) is 68.6 Å². The van der Waals surface area contributed by atoms with Crippen LogP contribution in [0.5, 0.6) is 0 Å². The summed E-state index contributed by atoms with van der Waals surface area (Å²) < 4.78 is 32.0. The van der Waals surface area contributed by atoms with Crippen molar-refractivity contribution in [2.75, 3.05) is 7.05 Å². The number of hydrogen-bond donors (Lipinski definition) is 0. The van der Waals surface area contributed by atoms with Crippen LogP contribution in [0.4, 0.5) is 5.82 Å². The Balaban J connectivity index is 1.94. The van der Waals surface area contributed by atoms with Crippen molar-refractivity contribution in [3.63, 3.8) is 0 Å². The highest BCUT2D eigenvalue weighted by atomic mass is 35.5. The summed E-state index contributed by atoms with van der Waals surface area (Å²) >= 11 is 6.02. The van der Waals surface area contributed by atoms with Crippen LogP contribution in [-0.4, -0.2) is 26.2 Å². The first-order valence-electron chi connectivity index (χ1n) is 9.73. The van der Waals surface area contributed by atoms with E-state index in [0.717, 1.165) is 11.3 Å². The minimum absolute atomic E-state index is 0.0302. The Labute approximate surface area is 186 Å². The molecule has 1 aromatic heterocycles. The standard InChI is InChI=1S/C23H21ClN3O3S/c1-3-20-22(17-10-5-4-6-11-17)23(27(2,26-20)21-14-7-8-15-25-21)30-31(28,29)19-13-9-12-18(24)16-19/h4-16H,3H2,1-2H3/q+1. The first-order chi connectivity index (χ1) is 14.8. The summed E-state index contributed by atoms with van der Waals surface area (Å²) in [6.45, 7) is 1.97. The molecule has 0 aliphatic carbocycles. The molecule has 1 aliphatic heterocycles. The normalized spacial score (nSPS) is 18.7. The number of quaternary nitrogens is 1. The second-order valence-corrected chi connectivity index (χ2v) is 9.07. The maximum atomic E-state index is 13.2. The zero-order valence-corrected chi connectivity index (χ0v) is 18.6. The molecule has 3 aromatic rings. The first-order valence-corrected chi connectivity index (χ1v) is 11.5. The Morgan fingerprint density at radius 2 is 1.74 bits per heavy atom. The third-order valence-corrected chi connectivity index (χ3v) is 6.43. The molecule has 0 spiro atoms. The molecule has 0 radical (unpaired) electrons. The van der Waals surface area contributed by atoms with Crippen molar-refractivity contribution in [1.29, 1.82) is 0 Å². The van der Waals surface area contributed by atoms with Gasteiger partial charge in [-0.2, -0.15) is 8.42 Å². The Hall–Kier alpha value is -3.00. The van der Waals surface area contributed by atoms with E-state index in [1.54, 1.807) is 37.5 Å². The lowest BCUT2D eigenvalue weighted by Crippen LogP contribution is -2.39. The van der Waals surface area contributed by atoms with Crippen LogP contribution in [-0.2, 0) is 14.3 Å². The Kier molecular flexibility index (Phi) is 5.66. The molecule has 0 N–H and O–H groups in total. The fourth-order valence-corrected chi connectivity index (χ4v) is 4.78. The average Bonchev–Trinajstić information content (AvgIpc) is 3.07. The molecule has 0 saturated carbocycles. The smallest absolute Gasteiger partial charge is 0.324 e. The third-order valence-electron chi connectivity index (χ3n) is 4.98. The maximum absolute atomic E-state index is 13.2. The Morgan fingerprint density at radius 3 is 2.39 bits per heavy atom. The van der Waals surface area contributed by atoms with Crippen molar-refractivity contribution < 1.29 is 12.6 Å². The summed E-state index contributed by atoms with van der Waals surface area (Å²) in [4.78, 5) is 4.40. The largest absolute Gasteiger partial charge is 0.351 e. The van der Waals surface area contributed by atoms with Gasteiger partial charge in [0.05, 0.1) is 0 Å². The summed E-state index contributed by atoms with van der Waals surface area (Å²) in [5, 5.41) is 5.15. The van der Waals surface area contributed by atoms with Gasteiger partial charge >= 0.3 is 16.0 Å². The van der Waals surface area contributed by atoms with Gasteiger partial charge in [0.15, 0.2) is 0 Å². The maximum Gasteiger partial charge on any atom is 0.351 e. The number of aromatic nitrogens is 1. The predicted octanol–water partition coefficient (Wildman–Crippen LogP) is 5.23. The number of rotatable bonds is 6. The van der Waals surface area contributed by atoms with Gasteiger partial charge in [-0.05, 0) is 36.2 Å². The van der Waals surface area contributed by atoms with Crippen molar-refractivity contribution >= 4 is 38.8 Å². The van der Waals surface area contributed by atoms with E-state index in [9.17, 15) is 8.42 Å². The van der Waals surface area contributed by atoms with Crippen LogP contribution in [0.25, 0.3) is 5.57 Å². The van der Waals surface area contributed by atoms with Crippen LogP contribution in [0.3, 0.4) is 0 Å². The molecular weight excluding hydrogens is 434 g/mol. The van der Waals surface area contributed by atoms with Gasteiger partial charge in [0.25, 0.3) is 5.82 Å². The summed E-state index contributed by atoms with van der Waals surface area (Å²) in [6, 6.07) is 20.9. The summed E-state index contributed by atoms with van der Waals surface area (Å²) in [5.74, 6) is 0.706. The van der Waals surface area contributed by atoms with E-state index < -0.39 is 10.1 Å². The number of nitrogens with zero attached hydrogens (tertiary/aromatic N) is 3. The molecular formula is C23H21ClN3O3S+. The fraction of sp³-hybridized carbons (Fsp3) is 0.130. The molecule has 2 heterocycles. The predicted molar refractivity (Wildman–Crippen MR) is 123 cm³/mol. The lowest BCUT2D eigenvalue weighted by Gasteiger charge is -2.24. The monoisotopic (exact) mass is 454 g/mol. The van der Waals surface area contributed by atoms with E-state index in [0.29, 0.717) is 22.8 Å². The molecule has 1 atom stereocenters. The number of halogens is 1. The van der Waals surface area contributed by atoms with Gasteiger partial charge in [0.2, 0.25) is 0 Å². The average molecular weight is 455 g/mol. The number of pyridine rings is 1. The fourth-order valence-electron chi connectivity index (χ4n) is 3.48. The van der Waals surface area contributed by atoms with Crippen molar-refractivity contribution in [3.05, 3.63) is 95.5 Å². The molecule has 0 amide bonds. The van der Waals surface area contributed by atoms with Crippen molar-refractivity contribution in [2.24, 2.45) is 5.10 Å². The second kappa shape index (κ2) is 8.26. The van der Waals surface area contributed by atoms with Crippen molar-refractivity contribution in [2.45, 2.75) is 18.2 Å². The molecule has 0 fully saturated rings. The van der Waals surface area contributed by atoms with Gasteiger partial charge in [0.1, 0.15) is 23.2 Å². The highest BCUT2D eigenvalue weighted by Gasteiger charge is 2.47. The van der Waals surface area contributed by atoms with Gasteiger partial charge < -0.3 is 4.18 Å². The van der Waals surface area contributed by atoms with E-state index in [2.05, 4.69) is 4.98 Å². The van der Waals surface area contributed by atoms with E-state index in [1.165, 1.54) is 12.1 Å². The van der Waals surface area contributed by atoms with E-state index in [4.69, 9.17) is 20.9 Å². The lowest BCUT2D eigenvalue weighted by molar-refractivity contribution is 0.264. The molecule has 8 heteroatoms. The van der Waals surface area contributed by atoms with E-state index in [1.807, 2.05) is 43.3 Å². The number of benzene rings is 2. The van der Waals surface area contributed by atoms with Gasteiger partial charge in [-0.25, -0.2) is 4.98 Å². The number of allylic oxidation sites excluding steroid dienone is 1.